The van der Waals surface area contributed by atoms with Gasteiger partial charge in [-0.1, -0.05) is 6.07 Å². The molecule has 1 saturated heterocycles. The summed E-state index contributed by atoms with van der Waals surface area (Å²) in [5.74, 6) is -0.127. The Morgan fingerprint density at radius 3 is 2.56 bits per heavy atom. The van der Waals surface area contributed by atoms with Crippen LogP contribution in [-0.4, -0.2) is 33.9 Å². The number of methoxy groups -OCH3 is 1. The number of carbonyl (C=O) groups is 2. The van der Waals surface area contributed by atoms with Crippen molar-refractivity contribution in [2.24, 2.45) is 0 Å². The highest BCUT2D eigenvalue weighted by molar-refractivity contribution is 6.51. The highest BCUT2D eigenvalue weighted by atomic mass is 16.5. The number of H-pyrrole nitrogens is 1. The van der Waals surface area contributed by atoms with E-state index in [1.54, 1.807) is 51.3 Å². The number of carbonyl (C=O) groups excluding carboxylic acids is 2. The summed E-state index contributed by atoms with van der Waals surface area (Å²) in [5, 5.41) is 11.3. The van der Waals surface area contributed by atoms with Crippen LogP contribution in [0.2, 0.25) is 0 Å². The number of benzene rings is 2. The fourth-order valence-corrected chi connectivity index (χ4v) is 4.32. The van der Waals surface area contributed by atoms with E-state index in [0.717, 1.165) is 11.1 Å². The maximum Gasteiger partial charge on any atom is 0.302 e. The Balaban J connectivity index is 1.72. The van der Waals surface area contributed by atoms with E-state index in [1.165, 1.54) is 4.90 Å². The number of nitrogens with zero attached hydrogens (tertiary/aromatic N) is 2. The Bertz CT molecular complexity index is 1490. The number of rotatable bonds is 4. The van der Waals surface area contributed by atoms with E-state index in [1.807, 2.05) is 25.1 Å². The standard InChI is InChI=1S/C26H23N3O5/c1-13-5-9-18-19(11-13)28-26(27-18)29-22(20-10-6-15(3)34-20)21(24(31)25(29)32)23(30)17-8-7-16(33-4)12-14(17)2/h5-12,22,30H,1-4H3,(H,27,28)/b23-21+. The van der Waals surface area contributed by atoms with Crippen molar-refractivity contribution in [2.75, 3.05) is 12.0 Å². The molecule has 0 radical (unpaired) electrons. The summed E-state index contributed by atoms with van der Waals surface area (Å²) >= 11 is 0. The van der Waals surface area contributed by atoms with Gasteiger partial charge in [0, 0.05) is 5.56 Å². The van der Waals surface area contributed by atoms with Crippen LogP contribution in [0.3, 0.4) is 0 Å². The summed E-state index contributed by atoms with van der Waals surface area (Å²) in [6.07, 6.45) is 0. The van der Waals surface area contributed by atoms with E-state index in [-0.39, 0.29) is 17.3 Å². The van der Waals surface area contributed by atoms with Crippen LogP contribution in [0, 0.1) is 20.8 Å². The normalized spacial score (nSPS) is 17.6. The van der Waals surface area contributed by atoms with Gasteiger partial charge in [0.05, 0.1) is 23.7 Å². The number of aromatic amines is 1. The van der Waals surface area contributed by atoms with Gasteiger partial charge in [0.15, 0.2) is 0 Å². The number of fused-ring (bicyclic) bond motifs is 1. The average Bonchev–Trinajstić information content (AvgIpc) is 3.49. The van der Waals surface area contributed by atoms with Gasteiger partial charge in [-0.15, -0.1) is 0 Å². The summed E-state index contributed by atoms with van der Waals surface area (Å²) in [6.45, 7) is 5.52. The first-order valence-corrected chi connectivity index (χ1v) is 10.8. The molecular formula is C26H23N3O5. The molecule has 0 spiro atoms. The molecule has 2 aromatic heterocycles. The minimum atomic E-state index is -0.989. The van der Waals surface area contributed by atoms with Crippen molar-refractivity contribution < 1.29 is 23.8 Å². The summed E-state index contributed by atoms with van der Waals surface area (Å²) in [5.41, 5.74) is 3.46. The molecule has 1 aliphatic heterocycles. The molecule has 1 amide bonds. The predicted molar refractivity (Wildman–Crippen MR) is 127 cm³/mol. The minimum absolute atomic E-state index is 0.0655. The van der Waals surface area contributed by atoms with Crippen LogP contribution in [-0.2, 0) is 9.59 Å². The zero-order valence-electron chi connectivity index (χ0n) is 19.2. The average molecular weight is 457 g/mol. The monoisotopic (exact) mass is 457 g/mol. The second-order valence-electron chi connectivity index (χ2n) is 8.38. The number of Topliss-reactive ketones (excluding diaryl/α,β-unsaturated/α-hetero) is 1. The molecular weight excluding hydrogens is 434 g/mol. The minimum Gasteiger partial charge on any atom is -0.507 e. The van der Waals surface area contributed by atoms with Gasteiger partial charge < -0.3 is 19.2 Å². The lowest BCUT2D eigenvalue weighted by atomic mass is 9.97. The number of ketones is 1. The quantitative estimate of drug-likeness (QED) is 0.261. The molecule has 1 fully saturated rings. The first kappa shape index (κ1) is 21.5. The van der Waals surface area contributed by atoms with Gasteiger partial charge in [0.25, 0.3) is 5.78 Å². The van der Waals surface area contributed by atoms with Crippen molar-refractivity contribution in [1.82, 2.24) is 9.97 Å². The van der Waals surface area contributed by atoms with Gasteiger partial charge in [-0.25, -0.2) is 4.98 Å². The van der Waals surface area contributed by atoms with Crippen LogP contribution in [0.25, 0.3) is 16.8 Å². The lowest BCUT2D eigenvalue weighted by Crippen LogP contribution is -2.30. The van der Waals surface area contributed by atoms with Crippen LogP contribution in [0.15, 0.2) is 58.5 Å². The van der Waals surface area contributed by atoms with E-state index < -0.39 is 17.7 Å². The number of aromatic nitrogens is 2. The first-order valence-electron chi connectivity index (χ1n) is 10.8. The van der Waals surface area contributed by atoms with E-state index in [2.05, 4.69) is 9.97 Å². The Morgan fingerprint density at radius 1 is 1.09 bits per heavy atom. The van der Waals surface area contributed by atoms with Crippen LogP contribution in [0.1, 0.15) is 34.3 Å². The third-order valence-corrected chi connectivity index (χ3v) is 6.02. The molecule has 172 valence electrons. The van der Waals surface area contributed by atoms with Gasteiger partial charge >= 0.3 is 5.91 Å². The largest absolute Gasteiger partial charge is 0.507 e. The molecule has 1 atom stereocenters. The Hall–Kier alpha value is -4.33. The van der Waals surface area contributed by atoms with Crippen molar-refractivity contribution in [3.8, 4) is 5.75 Å². The van der Waals surface area contributed by atoms with Crippen LogP contribution < -0.4 is 9.64 Å². The number of aliphatic hydroxyl groups is 1. The number of amides is 1. The number of aryl methyl sites for hydroxylation is 3. The molecule has 1 unspecified atom stereocenters. The molecule has 2 aromatic carbocycles. The highest BCUT2D eigenvalue weighted by Gasteiger charge is 2.49. The van der Waals surface area contributed by atoms with Gasteiger partial charge in [-0.3, -0.25) is 14.5 Å². The molecule has 8 nitrogen and oxygen atoms in total. The number of furan rings is 1. The second-order valence-corrected chi connectivity index (χ2v) is 8.38. The number of ether oxygens (including phenoxy) is 1. The van der Waals surface area contributed by atoms with Crippen molar-refractivity contribution in [1.29, 1.82) is 0 Å². The van der Waals surface area contributed by atoms with Crippen molar-refractivity contribution in [3.05, 3.63) is 82.3 Å². The van der Waals surface area contributed by atoms with Crippen LogP contribution in [0.5, 0.6) is 5.75 Å². The summed E-state index contributed by atoms with van der Waals surface area (Å²) < 4.78 is 11.1. The summed E-state index contributed by atoms with van der Waals surface area (Å²) in [6, 6.07) is 13.2. The molecule has 0 aliphatic carbocycles. The molecule has 0 saturated carbocycles. The summed E-state index contributed by atoms with van der Waals surface area (Å²) in [4.78, 5) is 35.5. The molecule has 2 N–H and O–H groups in total. The van der Waals surface area contributed by atoms with Crippen LogP contribution in [0.4, 0.5) is 5.95 Å². The third kappa shape index (κ3) is 3.35. The molecule has 5 rings (SSSR count). The summed E-state index contributed by atoms with van der Waals surface area (Å²) in [7, 11) is 1.55. The maximum atomic E-state index is 13.3. The second kappa shape index (κ2) is 7.91. The first-order chi connectivity index (χ1) is 16.3. The number of anilines is 1. The van der Waals surface area contributed by atoms with Gasteiger partial charge in [-0.05, 0) is 74.4 Å². The topological polar surface area (TPSA) is 109 Å². The number of hydrogen-bond donors (Lipinski definition) is 2. The van der Waals surface area contributed by atoms with E-state index in [9.17, 15) is 14.7 Å². The lowest BCUT2D eigenvalue weighted by molar-refractivity contribution is -0.132. The van der Waals surface area contributed by atoms with E-state index in [0.29, 0.717) is 33.9 Å². The molecule has 3 heterocycles. The van der Waals surface area contributed by atoms with E-state index in [4.69, 9.17) is 9.15 Å². The third-order valence-electron chi connectivity index (χ3n) is 6.02. The zero-order chi connectivity index (χ0) is 24.1. The molecule has 34 heavy (non-hydrogen) atoms. The Kier molecular flexibility index (Phi) is 5.01. The van der Waals surface area contributed by atoms with Gasteiger partial charge in [-0.2, -0.15) is 0 Å². The molecule has 4 aromatic rings. The lowest BCUT2D eigenvalue weighted by Gasteiger charge is -2.21. The van der Waals surface area contributed by atoms with Crippen molar-refractivity contribution in [3.63, 3.8) is 0 Å². The van der Waals surface area contributed by atoms with Gasteiger partial charge in [0.2, 0.25) is 5.95 Å². The number of imidazole rings is 1. The molecule has 1 aliphatic rings. The molecule has 0 bridgehead atoms. The highest BCUT2D eigenvalue weighted by Crippen LogP contribution is 2.42. The number of aliphatic hydroxyl groups excluding tert-OH is 1. The number of nitrogens with one attached hydrogen (secondary N) is 1. The van der Waals surface area contributed by atoms with Gasteiger partial charge in [0.1, 0.15) is 29.1 Å². The van der Waals surface area contributed by atoms with Crippen molar-refractivity contribution in [2.45, 2.75) is 26.8 Å². The zero-order valence-corrected chi connectivity index (χ0v) is 19.2. The predicted octanol–water partition coefficient (Wildman–Crippen LogP) is 4.72. The SMILES string of the molecule is COc1ccc(/C(O)=C2\C(=O)C(=O)N(c3nc4ccc(C)cc4[nH]3)C2c2ccc(C)o2)c(C)c1. The van der Waals surface area contributed by atoms with Crippen LogP contribution >= 0.6 is 0 Å². The number of hydrogen-bond acceptors (Lipinski definition) is 6. The maximum absolute atomic E-state index is 13.3. The fourth-order valence-electron chi connectivity index (χ4n) is 4.32. The Morgan fingerprint density at radius 2 is 1.88 bits per heavy atom. The molecule has 8 heteroatoms. The van der Waals surface area contributed by atoms with E-state index >= 15 is 0 Å². The Labute approximate surface area is 195 Å². The fraction of sp³-hybridized carbons (Fsp3) is 0.192. The van der Waals surface area contributed by atoms with Crippen molar-refractivity contribution >= 4 is 34.4 Å². The smallest absolute Gasteiger partial charge is 0.302 e.